The summed E-state index contributed by atoms with van der Waals surface area (Å²) in [4.78, 5) is 0. The predicted octanol–water partition coefficient (Wildman–Crippen LogP) is 4.38. The van der Waals surface area contributed by atoms with Gasteiger partial charge in [-0.25, -0.2) is 4.39 Å². The molecule has 0 amide bonds. The van der Waals surface area contributed by atoms with Crippen LogP contribution < -0.4 is 5.32 Å². The van der Waals surface area contributed by atoms with Crippen molar-refractivity contribution in [2.45, 2.75) is 32.4 Å². The van der Waals surface area contributed by atoms with Crippen molar-refractivity contribution in [3.05, 3.63) is 71.0 Å². The number of aryl methyl sites for hydroxylation is 1. The van der Waals surface area contributed by atoms with E-state index in [1.165, 1.54) is 29.5 Å². The van der Waals surface area contributed by atoms with Crippen molar-refractivity contribution in [1.29, 1.82) is 0 Å². The highest BCUT2D eigenvalue weighted by atomic mass is 19.1. The summed E-state index contributed by atoms with van der Waals surface area (Å²) in [5.41, 5.74) is 3.77. The Kier molecular flexibility index (Phi) is 3.83. The van der Waals surface area contributed by atoms with Gasteiger partial charge in [0.15, 0.2) is 0 Å². The molecule has 2 aromatic rings. The Bertz CT molecular complexity index is 555. The van der Waals surface area contributed by atoms with E-state index < -0.39 is 0 Å². The largest absolute Gasteiger partial charge is 0.306 e. The number of benzene rings is 2. The zero-order chi connectivity index (χ0) is 13.9. The topological polar surface area (TPSA) is 12.0 Å². The second kappa shape index (κ2) is 5.76. The summed E-state index contributed by atoms with van der Waals surface area (Å²) in [7, 11) is 0. The molecule has 1 fully saturated rings. The van der Waals surface area contributed by atoms with Crippen LogP contribution in [0.25, 0.3) is 0 Å². The van der Waals surface area contributed by atoms with Crippen LogP contribution >= 0.6 is 0 Å². The van der Waals surface area contributed by atoms with Crippen molar-refractivity contribution in [3.8, 4) is 0 Å². The fraction of sp³-hybridized carbons (Fsp3) is 0.333. The van der Waals surface area contributed by atoms with Gasteiger partial charge in [-0.1, -0.05) is 42.0 Å². The van der Waals surface area contributed by atoms with Crippen LogP contribution in [0.5, 0.6) is 0 Å². The van der Waals surface area contributed by atoms with Crippen LogP contribution in [0.4, 0.5) is 4.39 Å². The first-order valence-electron chi connectivity index (χ1n) is 7.27. The van der Waals surface area contributed by atoms with Crippen molar-refractivity contribution in [1.82, 2.24) is 5.32 Å². The molecule has 1 saturated carbocycles. The lowest BCUT2D eigenvalue weighted by Gasteiger charge is -2.19. The van der Waals surface area contributed by atoms with E-state index in [0.717, 1.165) is 6.54 Å². The highest BCUT2D eigenvalue weighted by molar-refractivity contribution is 5.24. The van der Waals surface area contributed by atoms with Gasteiger partial charge < -0.3 is 5.32 Å². The number of nitrogens with one attached hydrogen (secondary N) is 1. The molecular weight excluding hydrogens is 249 g/mol. The molecular formula is C18H20FN. The molecule has 1 unspecified atom stereocenters. The van der Waals surface area contributed by atoms with Gasteiger partial charge in [0.1, 0.15) is 5.82 Å². The van der Waals surface area contributed by atoms with Crippen LogP contribution in [0.1, 0.15) is 35.6 Å². The lowest BCUT2D eigenvalue weighted by atomic mass is 10.0. The maximum Gasteiger partial charge on any atom is 0.123 e. The molecule has 2 aromatic carbocycles. The first kappa shape index (κ1) is 13.3. The summed E-state index contributed by atoms with van der Waals surface area (Å²) in [5.74, 6) is 0.535. The average Bonchev–Trinajstić information content (AvgIpc) is 3.28. The Labute approximate surface area is 119 Å². The SMILES string of the molecule is Cc1ccc(CNC(c2ccc(F)cc2)C2CC2)cc1. The van der Waals surface area contributed by atoms with Gasteiger partial charge in [-0.15, -0.1) is 0 Å². The first-order valence-corrected chi connectivity index (χ1v) is 7.27. The molecule has 0 heterocycles. The van der Waals surface area contributed by atoms with Crippen molar-refractivity contribution < 1.29 is 4.39 Å². The predicted molar refractivity (Wildman–Crippen MR) is 79.9 cm³/mol. The molecule has 1 aliphatic carbocycles. The number of hydrogen-bond acceptors (Lipinski definition) is 1. The lowest BCUT2D eigenvalue weighted by molar-refractivity contribution is 0.479. The van der Waals surface area contributed by atoms with Crippen molar-refractivity contribution in [2.75, 3.05) is 0 Å². The highest BCUT2D eigenvalue weighted by Crippen LogP contribution is 2.41. The Morgan fingerprint density at radius 3 is 2.30 bits per heavy atom. The fourth-order valence-electron chi connectivity index (χ4n) is 2.59. The molecule has 0 saturated heterocycles. The van der Waals surface area contributed by atoms with E-state index in [1.54, 1.807) is 12.1 Å². The number of halogens is 1. The quantitative estimate of drug-likeness (QED) is 0.849. The Hall–Kier alpha value is -1.67. The van der Waals surface area contributed by atoms with Gasteiger partial charge in [-0.2, -0.15) is 0 Å². The van der Waals surface area contributed by atoms with Crippen LogP contribution in [0.3, 0.4) is 0 Å². The minimum Gasteiger partial charge on any atom is -0.306 e. The van der Waals surface area contributed by atoms with E-state index >= 15 is 0 Å². The summed E-state index contributed by atoms with van der Waals surface area (Å²) in [6.45, 7) is 2.96. The van der Waals surface area contributed by atoms with Crippen molar-refractivity contribution in [3.63, 3.8) is 0 Å². The summed E-state index contributed by atoms with van der Waals surface area (Å²) >= 11 is 0. The smallest absolute Gasteiger partial charge is 0.123 e. The molecule has 3 rings (SSSR count). The van der Waals surface area contributed by atoms with Crippen molar-refractivity contribution >= 4 is 0 Å². The first-order chi connectivity index (χ1) is 9.72. The second-order valence-electron chi connectivity index (χ2n) is 5.73. The van der Waals surface area contributed by atoms with Gasteiger partial charge >= 0.3 is 0 Å². The van der Waals surface area contributed by atoms with E-state index in [9.17, 15) is 4.39 Å². The minimum absolute atomic E-state index is 0.165. The molecule has 0 aliphatic heterocycles. The molecule has 0 bridgehead atoms. The van der Waals surface area contributed by atoms with Gasteiger partial charge in [-0.05, 0) is 48.9 Å². The standard InChI is InChI=1S/C18H20FN/c1-13-2-4-14(5-3-13)12-20-18(15-6-7-15)16-8-10-17(19)11-9-16/h2-5,8-11,15,18,20H,6-7,12H2,1H3. The summed E-state index contributed by atoms with van der Waals surface area (Å²) in [6.07, 6.45) is 2.53. The van der Waals surface area contributed by atoms with E-state index in [4.69, 9.17) is 0 Å². The molecule has 1 atom stereocenters. The maximum absolute atomic E-state index is 13.0. The van der Waals surface area contributed by atoms with E-state index in [0.29, 0.717) is 12.0 Å². The van der Waals surface area contributed by atoms with Gasteiger partial charge in [-0.3, -0.25) is 0 Å². The number of hydrogen-bond donors (Lipinski definition) is 1. The summed E-state index contributed by atoms with van der Waals surface area (Å²) < 4.78 is 13.0. The Morgan fingerprint density at radius 1 is 1.05 bits per heavy atom. The molecule has 104 valence electrons. The van der Waals surface area contributed by atoms with E-state index in [2.05, 4.69) is 36.5 Å². The molecule has 0 radical (unpaired) electrons. The summed E-state index contributed by atoms with van der Waals surface area (Å²) in [6, 6.07) is 15.9. The Balaban J connectivity index is 1.68. The second-order valence-corrected chi connectivity index (χ2v) is 5.73. The van der Waals surface area contributed by atoms with Crippen LogP contribution in [0, 0.1) is 18.7 Å². The van der Waals surface area contributed by atoms with Crippen LogP contribution in [0.15, 0.2) is 48.5 Å². The molecule has 20 heavy (non-hydrogen) atoms. The molecule has 1 aliphatic rings. The summed E-state index contributed by atoms with van der Waals surface area (Å²) in [5, 5.41) is 3.63. The number of rotatable bonds is 5. The molecule has 2 heteroatoms. The van der Waals surface area contributed by atoms with E-state index in [1.807, 2.05) is 12.1 Å². The monoisotopic (exact) mass is 269 g/mol. The molecule has 1 nitrogen and oxygen atoms in total. The van der Waals surface area contributed by atoms with Crippen molar-refractivity contribution in [2.24, 2.45) is 5.92 Å². The van der Waals surface area contributed by atoms with Crippen LogP contribution in [-0.2, 0) is 6.54 Å². The third-order valence-electron chi connectivity index (χ3n) is 3.97. The van der Waals surface area contributed by atoms with Gasteiger partial charge in [0.2, 0.25) is 0 Å². The highest BCUT2D eigenvalue weighted by Gasteiger charge is 2.31. The molecule has 1 N–H and O–H groups in total. The maximum atomic E-state index is 13.0. The van der Waals surface area contributed by atoms with Gasteiger partial charge in [0.25, 0.3) is 0 Å². The average molecular weight is 269 g/mol. The zero-order valence-electron chi connectivity index (χ0n) is 11.8. The van der Waals surface area contributed by atoms with Crippen LogP contribution in [0.2, 0.25) is 0 Å². The normalized spacial score (nSPS) is 16.1. The lowest BCUT2D eigenvalue weighted by Crippen LogP contribution is -2.22. The molecule has 0 spiro atoms. The minimum atomic E-state index is -0.165. The molecule has 0 aromatic heterocycles. The third-order valence-corrected chi connectivity index (χ3v) is 3.97. The zero-order valence-corrected chi connectivity index (χ0v) is 11.8. The van der Waals surface area contributed by atoms with E-state index in [-0.39, 0.29) is 5.82 Å². The van der Waals surface area contributed by atoms with Crippen LogP contribution in [-0.4, -0.2) is 0 Å². The fourth-order valence-corrected chi connectivity index (χ4v) is 2.59. The third kappa shape index (κ3) is 3.26. The Morgan fingerprint density at radius 2 is 1.70 bits per heavy atom. The van der Waals surface area contributed by atoms with Gasteiger partial charge in [0, 0.05) is 12.6 Å². The van der Waals surface area contributed by atoms with Gasteiger partial charge in [0.05, 0.1) is 0 Å².